The highest BCUT2D eigenvalue weighted by Gasteiger charge is 2.23. The highest BCUT2D eigenvalue weighted by molar-refractivity contribution is 5.77. The summed E-state index contributed by atoms with van der Waals surface area (Å²) in [5.41, 5.74) is 6.04. The van der Waals surface area contributed by atoms with Gasteiger partial charge in [-0.2, -0.15) is 0 Å². The third-order valence-electron chi connectivity index (χ3n) is 2.21. The zero-order valence-electron chi connectivity index (χ0n) is 11.4. The van der Waals surface area contributed by atoms with E-state index in [2.05, 4.69) is 0 Å². The van der Waals surface area contributed by atoms with E-state index in [1.54, 1.807) is 24.3 Å². The summed E-state index contributed by atoms with van der Waals surface area (Å²) < 4.78 is 10.6. The van der Waals surface area contributed by atoms with Crippen LogP contribution in [0.4, 0.5) is 0 Å². The zero-order valence-corrected chi connectivity index (χ0v) is 11.4. The Labute approximate surface area is 108 Å². The second-order valence-corrected chi connectivity index (χ2v) is 5.01. The van der Waals surface area contributed by atoms with Gasteiger partial charge in [-0.3, -0.25) is 0 Å². The van der Waals surface area contributed by atoms with Gasteiger partial charge in [0.15, 0.2) is 0 Å². The topological polar surface area (TPSA) is 61.5 Å². The summed E-state index contributed by atoms with van der Waals surface area (Å²) in [4.78, 5) is 11.8. The largest absolute Gasteiger partial charge is 0.494 e. The Hall–Kier alpha value is -1.55. The molecule has 1 aromatic carbocycles. The number of rotatable bonds is 4. The van der Waals surface area contributed by atoms with Crippen molar-refractivity contribution < 1.29 is 14.3 Å². The number of nitrogens with two attached hydrogens (primary N) is 1. The Morgan fingerprint density at radius 3 is 2.28 bits per heavy atom. The van der Waals surface area contributed by atoms with Gasteiger partial charge in [0.2, 0.25) is 0 Å². The standard InChI is InChI=1S/C14H21NO3/c1-5-17-11-8-6-10(7-9-11)12(15)13(16)18-14(2,3)4/h6-9,12H,5,15H2,1-4H3. The third kappa shape index (κ3) is 4.37. The van der Waals surface area contributed by atoms with Crippen LogP contribution in [0.25, 0.3) is 0 Å². The molecular weight excluding hydrogens is 230 g/mol. The van der Waals surface area contributed by atoms with Crippen LogP contribution in [-0.2, 0) is 9.53 Å². The Morgan fingerprint density at radius 1 is 1.28 bits per heavy atom. The summed E-state index contributed by atoms with van der Waals surface area (Å²) in [6, 6.07) is 6.38. The molecule has 1 atom stereocenters. The Balaban J connectivity index is 2.71. The lowest BCUT2D eigenvalue weighted by molar-refractivity contribution is -0.156. The predicted octanol–water partition coefficient (Wildman–Crippen LogP) is 2.43. The van der Waals surface area contributed by atoms with E-state index in [9.17, 15) is 4.79 Å². The molecule has 1 aromatic rings. The van der Waals surface area contributed by atoms with E-state index in [0.717, 1.165) is 5.75 Å². The van der Waals surface area contributed by atoms with Crippen molar-refractivity contribution in [1.29, 1.82) is 0 Å². The van der Waals surface area contributed by atoms with Crippen LogP contribution in [0.1, 0.15) is 39.3 Å². The number of esters is 1. The summed E-state index contributed by atoms with van der Waals surface area (Å²) in [5, 5.41) is 0. The van der Waals surface area contributed by atoms with Gasteiger partial charge < -0.3 is 15.2 Å². The lowest BCUT2D eigenvalue weighted by Crippen LogP contribution is -2.31. The van der Waals surface area contributed by atoms with Crippen LogP contribution in [0.15, 0.2) is 24.3 Å². The van der Waals surface area contributed by atoms with Crippen LogP contribution < -0.4 is 10.5 Å². The summed E-state index contributed by atoms with van der Waals surface area (Å²) in [5.74, 6) is 0.337. The number of carbonyl (C=O) groups excluding carboxylic acids is 1. The molecule has 0 aliphatic heterocycles. The molecule has 1 rings (SSSR count). The average Bonchev–Trinajstić information content (AvgIpc) is 2.27. The van der Waals surface area contributed by atoms with Crippen LogP contribution in [-0.4, -0.2) is 18.2 Å². The fraction of sp³-hybridized carbons (Fsp3) is 0.500. The van der Waals surface area contributed by atoms with E-state index in [-0.39, 0.29) is 0 Å². The number of hydrogen-bond donors (Lipinski definition) is 1. The normalized spacial score (nSPS) is 12.9. The fourth-order valence-corrected chi connectivity index (χ4v) is 1.44. The van der Waals surface area contributed by atoms with Gasteiger partial charge in [-0.15, -0.1) is 0 Å². The smallest absolute Gasteiger partial charge is 0.328 e. The molecule has 4 heteroatoms. The first kappa shape index (κ1) is 14.5. The van der Waals surface area contributed by atoms with Crippen LogP contribution >= 0.6 is 0 Å². The van der Waals surface area contributed by atoms with Gasteiger partial charge in [-0.05, 0) is 45.4 Å². The van der Waals surface area contributed by atoms with Crippen LogP contribution in [0.3, 0.4) is 0 Å². The van der Waals surface area contributed by atoms with Crippen molar-refractivity contribution in [3.63, 3.8) is 0 Å². The zero-order chi connectivity index (χ0) is 13.8. The minimum absolute atomic E-state index is 0.424. The quantitative estimate of drug-likeness (QED) is 0.835. The second kappa shape index (κ2) is 5.87. The molecule has 0 saturated carbocycles. The monoisotopic (exact) mass is 251 g/mol. The molecular formula is C14H21NO3. The van der Waals surface area contributed by atoms with Crippen molar-refractivity contribution in [2.75, 3.05) is 6.61 Å². The maximum atomic E-state index is 11.8. The second-order valence-electron chi connectivity index (χ2n) is 5.01. The van der Waals surface area contributed by atoms with Crippen molar-refractivity contribution in [3.05, 3.63) is 29.8 Å². The Morgan fingerprint density at radius 2 is 1.83 bits per heavy atom. The summed E-state index contributed by atoms with van der Waals surface area (Å²) in [6.45, 7) is 7.97. The molecule has 0 aliphatic rings. The molecule has 100 valence electrons. The Bertz CT molecular complexity index is 392. The van der Waals surface area contributed by atoms with Crippen molar-refractivity contribution >= 4 is 5.97 Å². The minimum Gasteiger partial charge on any atom is -0.494 e. The van der Waals surface area contributed by atoms with E-state index >= 15 is 0 Å². The van der Waals surface area contributed by atoms with Gasteiger partial charge >= 0.3 is 5.97 Å². The first-order valence-corrected chi connectivity index (χ1v) is 6.04. The van der Waals surface area contributed by atoms with Crippen LogP contribution in [0, 0.1) is 0 Å². The van der Waals surface area contributed by atoms with Crippen LogP contribution in [0.2, 0.25) is 0 Å². The molecule has 0 aliphatic carbocycles. The molecule has 2 N–H and O–H groups in total. The Kier molecular flexibility index (Phi) is 4.73. The van der Waals surface area contributed by atoms with E-state index in [1.807, 2.05) is 27.7 Å². The molecule has 4 nitrogen and oxygen atoms in total. The highest BCUT2D eigenvalue weighted by Crippen LogP contribution is 2.19. The maximum absolute atomic E-state index is 11.8. The summed E-state index contributed by atoms with van der Waals surface area (Å²) in [7, 11) is 0. The third-order valence-corrected chi connectivity index (χ3v) is 2.21. The predicted molar refractivity (Wildman–Crippen MR) is 70.4 cm³/mol. The molecule has 0 fully saturated rings. The highest BCUT2D eigenvalue weighted by atomic mass is 16.6. The van der Waals surface area contributed by atoms with Gasteiger partial charge in [0.05, 0.1) is 6.61 Å². The van der Waals surface area contributed by atoms with E-state index in [0.29, 0.717) is 12.2 Å². The fourth-order valence-electron chi connectivity index (χ4n) is 1.44. The molecule has 0 amide bonds. The number of hydrogen-bond acceptors (Lipinski definition) is 4. The van der Waals surface area contributed by atoms with E-state index in [4.69, 9.17) is 15.2 Å². The van der Waals surface area contributed by atoms with Gasteiger partial charge in [0.1, 0.15) is 17.4 Å². The van der Waals surface area contributed by atoms with Gasteiger partial charge in [-0.1, -0.05) is 12.1 Å². The lowest BCUT2D eigenvalue weighted by atomic mass is 10.1. The minimum atomic E-state index is -0.764. The van der Waals surface area contributed by atoms with Crippen molar-refractivity contribution in [2.45, 2.75) is 39.3 Å². The molecule has 0 spiro atoms. The summed E-state index contributed by atoms with van der Waals surface area (Å²) in [6.07, 6.45) is 0. The van der Waals surface area contributed by atoms with Gasteiger partial charge in [0, 0.05) is 0 Å². The van der Waals surface area contributed by atoms with Crippen LogP contribution in [0.5, 0.6) is 5.75 Å². The first-order valence-electron chi connectivity index (χ1n) is 6.04. The summed E-state index contributed by atoms with van der Waals surface area (Å²) >= 11 is 0. The number of benzene rings is 1. The lowest BCUT2D eigenvalue weighted by Gasteiger charge is -2.22. The molecule has 0 aromatic heterocycles. The van der Waals surface area contributed by atoms with Gasteiger partial charge in [-0.25, -0.2) is 4.79 Å². The van der Waals surface area contributed by atoms with E-state index < -0.39 is 17.6 Å². The molecule has 0 heterocycles. The SMILES string of the molecule is CCOc1ccc(C(N)C(=O)OC(C)(C)C)cc1. The van der Waals surface area contributed by atoms with Crippen molar-refractivity contribution in [1.82, 2.24) is 0 Å². The number of carbonyl (C=O) groups is 1. The van der Waals surface area contributed by atoms with Crippen molar-refractivity contribution in [3.8, 4) is 5.75 Å². The molecule has 0 bridgehead atoms. The molecule has 1 unspecified atom stereocenters. The van der Waals surface area contributed by atoms with Gasteiger partial charge in [0.25, 0.3) is 0 Å². The molecule has 18 heavy (non-hydrogen) atoms. The maximum Gasteiger partial charge on any atom is 0.328 e. The first-order chi connectivity index (χ1) is 8.33. The van der Waals surface area contributed by atoms with Crippen molar-refractivity contribution in [2.24, 2.45) is 5.73 Å². The van der Waals surface area contributed by atoms with E-state index in [1.165, 1.54) is 0 Å². The average molecular weight is 251 g/mol. The molecule has 0 saturated heterocycles. The number of ether oxygens (including phenoxy) is 2. The molecule has 0 radical (unpaired) electrons.